The molecule has 0 radical (unpaired) electrons. The lowest BCUT2D eigenvalue weighted by Gasteiger charge is -2.65. The van der Waals surface area contributed by atoms with Gasteiger partial charge in [0.2, 0.25) is 5.91 Å². The summed E-state index contributed by atoms with van der Waals surface area (Å²) in [5.41, 5.74) is 5.10. The summed E-state index contributed by atoms with van der Waals surface area (Å²) < 4.78 is 5.81. The second kappa shape index (κ2) is 4.68. The number of carboxylic acids is 1. The zero-order valence-electron chi connectivity index (χ0n) is 12.7. The van der Waals surface area contributed by atoms with Crippen molar-refractivity contribution < 1.29 is 19.4 Å². The Balaban J connectivity index is 1.86. The number of nitrogens with zero attached hydrogens (tertiary/aromatic N) is 1. The van der Waals surface area contributed by atoms with E-state index in [9.17, 15) is 9.59 Å². The van der Waals surface area contributed by atoms with E-state index in [-0.39, 0.29) is 30.5 Å². The second-order valence-electron chi connectivity index (χ2n) is 7.19. The fourth-order valence-corrected chi connectivity index (χ4v) is 4.15. The van der Waals surface area contributed by atoms with Crippen LogP contribution in [0.2, 0.25) is 0 Å². The summed E-state index contributed by atoms with van der Waals surface area (Å²) in [5.74, 6) is -1.18. The van der Waals surface area contributed by atoms with Gasteiger partial charge < -0.3 is 20.5 Å². The molecule has 0 aromatic carbocycles. The number of amides is 1. The lowest BCUT2D eigenvalue weighted by atomic mass is 9.46. The van der Waals surface area contributed by atoms with E-state index in [1.165, 1.54) is 4.90 Å². The molecule has 1 aliphatic heterocycles. The van der Waals surface area contributed by atoms with E-state index in [1.807, 2.05) is 13.8 Å². The van der Waals surface area contributed by atoms with Gasteiger partial charge in [0, 0.05) is 24.0 Å². The SMILES string of the molecule is CC1(C)C2OCCCC2C1(N)C(=O)N(CC(=O)O)C1CC1. The Morgan fingerprint density at radius 3 is 2.57 bits per heavy atom. The first-order valence-electron chi connectivity index (χ1n) is 7.73. The van der Waals surface area contributed by atoms with Crippen molar-refractivity contribution in [3.63, 3.8) is 0 Å². The summed E-state index contributed by atoms with van der Waals surface area (Å²) >= 11 is 0. The van der Waals surface area contributed by atoms with E-state index in [0.717, 1.165) is 32.3 Å². The fraction of sp³-hybridized carbons (Fsp3) is 0.867. The lowest BCUT2D eigenvalue weighted by molar-refractivity contribution is -0.230. The number of carbonyl (C=O) groups excluding carboxylic acids is 1. The molecule has 2 aliphatic carbocycles. The van der Waals surface area contributed by atoms with E-state index in [4.69, 9.17) is 15.6 Å². The Bertz CT molecular complexity index is 474. The van der Waals surface area contributed by atoms with Crippen molar-refractivity contribution in [1.29, 1.82) is 0 Å². The minimum Gasteiger partial charge on any atom is -0.480 e. The normalized spacial score (nSPS) is 37.3. The summed E-state index contributed by atoms with van der Waals surface area (Å²) in [7, 11) is 0. The van der Waals surface area contributed by atoms with Gasteiger partial charge in [0.05, 0.1) is 6.10 Å². The molecule has 0 spiro atoms. The van der Waals surface area contributed by atoms with Gasteiger partial charge in [-0.15, -0.1) is 0 Å². The van der Waals surface area contributed by atoms with E-state index in [0.29, 0.717) is 0 Å². The molecule has 0 aromatic heterocycles. The molecule has 6 heteroatoms. The molecule has 2 saturated carbocycles. The molecule has 118 valence electrons. The largest absolute Gasteiger partial charge is 0.480 e. The van der Waals surface area contributed by atoms with Crippen molar-refractivity contribution in [2.45, 2.75) is 57.2 Å². The summed E-state index contributed by atoms with van der Waals surface area (Å²) in [6, 6.07) is 0.0494. The Hall–Kier alpha value is -1.14. The average Bonchev–Trinajstić information content (AvgIpc) is 3.27. The number of hydrogen-bond donors (Lipinski definition) is 2. The first kappa shape index (κ1) is 14.8. The highest BCUT2D eigenvalue weighted by molar-refractivity contribution is 5.92. The molecule has 3 fully saturated rings. The first-order chi connectivity index (χ1) is 9.80. The van der Waals surface area contributed by atoms with Crippen LogP contribution in [0.15, 0.2) is 0 Å². The van der Waals surface area contributed by atoms with Crippen LogP contribution < -0.4 is 5.73 Å². The smallest absolute Gasteiger partial charge is 0.323 e. The van der Waals surface area contributed by atoms with Gasteiger partial charge in [0.25, 0.3) is 0 Å². The molecule has 6 nitrogen and oxygen atoms in total. The first-order valence-corrected chi connectivity index (χ1v) is 7.73. The molecule has 1 amide bonds. The maximum Gasteiger partial charge on any atom is 0.323 e. The van der Waals surface area contributed by atoms with Crippen LogP contribution in [-0.2, 0) is 14.3 Å². The Morgan fingerprint density at radius 1 is 1.33 bits per heavy atom. The minimum absolute atomic E-state index is 0.00351. The van der Waals surface area contributed by atoms with Crippen LogP contribution in [0.4, 0.5) is 0 Å². The van der Waals surface area contributed by atoms with Gasteiger partial charge in [-0.1, -0.05) is 13.8 Å². The van der Waals surface area contributed by atoms with E-state index in [2.05, 4.69) is 0 Å². The van der Waals surface area contributed by atoms with Crippen molar-refractivity contribution in [2.75, 3.05) is 13.2 Å². The molecule has 1 saturated heterocycles. The Morgan fingerprint density at radius 2 is 2.00 bits per heavy atom. The van der Waals surface area contributed by atoms with E-state index >= 15 is 0 Å². The topological polar surface area (TPSA) is 92.9 Å². The number of carboxylic acid groups (broad SMARTS) is 1. The van der Waals surface area contributed by atoms with Crippen LogP contribution in [0.25, 0.3) is 0 Å². The van der Waals surface area contributed by atoms with Gasteiger partial charge in [0.15, 0.2) is 0 Å². The van der Waals surface area contributed by atoms with Crippen molar-refractivity contribution in [3.05, 3.63) is 0 Å². The zero-order chi connectivity index (χ0) is 15.4. The van der Waals surface area contributed by atoms with Gasteiger partial charge in [0.1, 0.15) is 12.1 Å². The zero-order valence-corrected chi connectivity index (χ0v) is 12.7. The number of fused-ring (bicyclic) bond motifs is 1. The fourth-order valence-electron chi connectivity index (χ4n) is 4.15. The number of carbonyl (C=O) groups is 2. The molecule has 3 atom stereocenters. The summed E-state index contributed by atoms with van der Waals surface area (Å²) in [6.07, 6.45) is 3.54. The Labute approximate surface area is 124 Å². The third-order valence-corrected chi connectivity index (χ3v) is 5.59. The highest BCUT2D eigenvalue weighted by Crippen LogP contribution is 2.58. The quantitative estimate of drug-likeness (QED) is 0.792. The highest BCUT2D eigenvalue weighted by Gasteiger charge is 2.71. The number of hydrogen-bond acceptors (Lipinski definition) is 4. The molecule has 3 N–H and O–H groups in total. The number of nitrogens with two attached hydrogens (primary N) is 1. The highest BCUT2D eigenvalue weighted by atomic mass is 16.5. The monoisotopic (exact) mass is 296 g/mol. The van der Waals surface area contributed by atoms with Crippen LogP contribution in [0.3, 0.4) is 0 Å². The van der Waals surface area contributed by atoms with Crippen LogP contribution in [0.5, 0.6) is 0 Å². The van der Waals surface area contributed by atoms with Gasteiger partial charge in [-0.05, 0) is 25.7 Å². The van der Waals surface area contributed by atoms with Gasteiger partial charge in [-0.25, -0.2) is 0 Å². The summed E-state index contributed by atoms with van der Waals surface area (Å²) in [5, 5.41) is 9.07. The summed E-state index contributed by atoms with van der Waals surface area (Å²) in [6.45, 7) is 4.39. The van der Waals surface area contributed by atoms with Crippen LogP contribution >= 0.6 is 0 Å². The molecule has 0 bridgehead atoms. The maximum absolute atomic E-state index is 13.0. The predicted molar refractivity (Wildman–Crippen MR) is 75.5 cm³/mol. The van der Waals surface area contributed by atoms with Crippen molar-refractivity contribution in [2.24, 2.45) is 17.1 Å². The van der Waals surface area contributed by atoms with Crippen molar-refractivity contribution in [3.8, 4) is 0 Å². The average molecular weight is 296 g/mol. The number of aliphatic carboxylic acids is 1. The molecule has 3 rings (SSSR count). The third kappa shape index (κ3) is 1.99. The number of ether oxygens (including phenoxy) is 1. The minimum atomic E-state index is -1.00. The molecular weight excluding hydrogens is 272 g/mol. The standard InChI is InChI=1S/C15H24N2O4/c1-14(2)12-10(4-3-7-21-12)15(14,16)13(20)17(8-11(18)19)9-5-6-9/h9-10,12H,3-8,16H2,1-2H3,(H,18,19). The molecule has 1 heterocycles. The summed E-state index contributed by atoms with van der Waals surface area (Å²) in [4.78, 5) is 25.6. The van der Waals surface area contributed by atoms with Gasteiger partial charge in [-0.3, -0.25) is 9.59 Å². The van der Waals surface area contributed by atoms with Crippen LogP contribution in [0, 0.1) is 11.3 Å². The van der Waals surface area contributed by atoms with Gasteiger partial charge in [-0.2, -0.15) is 0 Å². The predicted octanol–water partition coefficient (Wildman–Crippen LogP) is 0.595. The molecule has 3 unspecified atom stereocenters. The van der Waals surface area contributed by atoms with E-state index in [1.54, 1.807) is 0 Å². The molecule has 21 heavy (non-hydrogen) atoms. The van der Waals surface area contributed by atoms with Crippen molar-refractivity contribution in [1.82, 2.24) is 4.90 Å². The molecule has 0 aromatic rings. The van der Waals surface area contributed by atoms with E-state index < -0.39 is 16.9 Å². The molecule has 3 aliphatic rings. The molecular formula is C15H24N2O4. The van der Waals surface area contributed by atoms with Gasteiger partial charge >= 0.3 is 5.97 Å². The van der Waals surface area contributed by atoms with Crippen LogP contribution in [-0.4, -0.2) is 52.7 Å². The number of rotatable bonds is 4. The van der Waals surface area contributed by atoms with Crippen molar-refractivity contribution >= 4 is 11.9 Å². The lowest BCUT2D eigenvalue weighted by Crippen LogP contribution is -2.82. The Kier molecular flexibility index (Phi) is 3.29. The third-order valence-electron chi connectivity index (χ3n) is 5.59. The maximum atomic E-state index is 13.0. The van der Waals surface area contributed by atoms with Crippen LogP contribution in [0.1, 0.15) is 39.5 Å². The second-order valence-corrected chi connectivity index (χ2v) is 7.19.